The Labute approximate surface area is 233 Å². The number of H-pyrrole nitrogens is 1. The summed E-state index contributed by atoms with van der Waals surface area (Å²) in [5.74, 6) is 0.207. The van der Waals surface area contributed by atoms with Crippen molar-refractivity contribution >= 4 is 34.6 Å². The number of anilines is 1. The lowest BCUT2D eigenvalue weighted by atomic mass is 9.89. The van der Waals surface area contributed by atoms with Crippen LogP contribution in [0.3, 0.4) is 0 Å². The molecule has 2 fully saturated rings. The van der Waals surface area contributed by atoms with E-state index in [1.807, 2.05) is 12.1 Å². The summed E-state index contributed by atoms with van der Waals surface area (Å²) in [4.78, 5) is 35.1. The van der Waals surface area contributed by atoms with Gasteiger partial charge in [0.1, 0.15) is 0 Å². The predicted octanol–water partition coefficient (Wildman–Crippen LogP) is 5.55. The van der Waals surface area contributed by atoms with Crippen LogP contribution in [0.4, 0.5) is 11.4 Å². The van der Waals surface area contributed by atoms with Crippen LogP contribution in [0.25, 0.3) is 0 Å². The maximum Gasteiger partial charge on any atom is 0.269 e. The predicted molar refractivity (Wildman–Crippen MR) is 155 cm³/mol. The van der Waals surface area contributed by atoms with E-state index in [1.165, 1.54) is 61.9 Å². The summed E-state index contributed by atoms with van der Waals surface area (Å²) in [5, 5.41) is 15.5. The highest BCUT2D eigenvalue weighted by atomic mass is 32.1. The van der Waals surface area contributed by atoms with E-state index in [2.05, 4.69) is 32.3 Å². The molecular formula is C29H34N6O3S. The number of aromatic nitrogens is 2. The van der Waals surface area contributed by atoms with Crippen molar-refractivity contribution in [2.75, 3.05) is 18.0 Å². The standard InChI is InChI=1S/C29H34N6O3S/c36-28(23-8-12-27(13-9-23)35(37)38)34(19-25-18-30-20-31-25)26-10-6-21(7-11-26)22-14-16-33(17-15-22)29(39)32-24-4-2-1-3-5-24/h6-13,18,20,22,24H,1-5,14-17,19H2,(H,30,31)(H,32,39). The Hall–Kier alpha value is -3.79. The summed E-state index contributed by atoms with van der Waals surface area (Å²) in [7, 11) is 0. The maximum absolute atomic E-state index is 13.5. The summed E-state index contributed by atoms with van der Waals surface area (Å²) < 4.78 is 0. The van der Waals surface area contributed by atoms with Gasteiger partial charge in [-0.3, -0.25) is 14.9 Å². The summed E-state index contributed by atoms with van der Waals surface area (Å²) in [6, 6.07) is 14.4. The van der Waals surface area contributed by atoms with Gasteiger partial charge in [-0.1, -0.05) is 31.4 Å². The van der Waals surface area contributed by atoms with Gasteiger partial charge in [0.05, 0.1) is 23.5 Å². The molecule has 9 nitrogen and oxygen atoms in total. The molecule has 0 unspecified atom stereocenters. The quantitative estimate of drug-likeness (QED) is 0.227. The molecule has 0 atom stereocenters. The molecule has 5 rings (SSSR count). The van der Waals surface area contributed by atoms with Crippen LogP contribution in [0.2, 0.25) is 0 Å². The van der Waals surface area contributed by atoms with E-state index in [1.54, 1.807) is 17.4 Å². The van der Waals surface area contributed by atoms with E-state index in [9.17, 15) is 14.9 Å². The molecule has 1 aliphatic carbocycles. The normalized spacial score (nSPS) is 16.6. The third-order valence-electron chi connectivity index (χ3n) is 7.84. The third kappa shape index (κ3) is 6.62. The number of likely N-dealkylation sites (tertiary alicyclic amines) is 1. The molecule has 2 heterocycles. The van der Waals surface area contributed by atoms with Crippen molar-refractivity contribution in [2.24, 2.45) is 0 Å². The molecule has 1 aliphatic heterocycles. The lowest BCUT2D eigenvalue weighted by molar-refractivity contribution is -0.384. The largest absolute Gasteiger partial charge is 0.360 e. The molecule has 204 valence electrons. The topological polar surface area (TPSA) is 107 Å². The second kappa shape index (κ2) is 12.4. The average Bonchev–Trinajstić information content (AvgIpc) is 3.50. The Morgan fingerprint density at radius 3 is 2.36 bits per heavy atom. The van der Waals surface area contributed by atoms with Crippen molar-refractivity contribution in [3.05, 3.63) is 88.0 Å². The Kier molecular flexibility index (Phi) is 8.51. The molecular weight excluding hydrogens is 512 g/mol. The molecule has 3 aromatic rings. The van der Waals surface area contributed by atoms with E-state index in [-0.39, 0.29) is 11.6 Å². The van der Waals surface area contributed by atoms with Gasteiger partial charge in [0.25, 0.3) is 11.6 Å². The fraction of sp³-hybridized carbons (Fsp3) is 0.414. The summed E-state index contributed by atoms with van der Waals surface area (Å²) in [6.07, 6.45) is 11.7. The van der Waals surface area contributed by atoms with Gasteiger partial charge >= 0.3 is 0 Å². The van der Waals surface area contributed by atoms with Crippen LogP contribution < -0.4 is 10.2 Å². The van der Waals surface area contributed by atoms with Crippen LogP contribution in [0.5, 0.6) is 0 Å². The highest BCUT2D eigenvalue weighted by Gasteiger charge is 2.25. The Morgan fingerprint density at radius 2 is 1.74 bits per heavy atom. The Bertz CT molecular complexity index is 1270. The van der Waals surface area contributed by atoms with Crippen LogP contribution in [-0.4, -0.2) is 49.9 Å². The summed E-state index contributed by atoms with van der Waals surface area (Å²) in [6.45, 7) is 2.18. The number of rotatable bonds is 7. The minimum atomic E-state index is -0.472. The van der Waals surface area contributed by atoms with Crippen molar-refractivity contribution < 1.29 is 9.72 Å². The van der Waals surface area contributed by atoms with Crippen molar-refractivity contribution in [3.63, 3.8) is 0 Å². The number of aromatic amines is 1. The zero-order valence-electron chi connectivity index (χ0n) is 21.9. The van der Waals surface area contributed by atoms with Gasteiger partial charge in [-0.05, 0) is 73.6 Å². The fourth-order valence-corrected chi connectivity index (χ4v) is 5.91. The first-order valence-corrected chi connectivity index (χ1v) is 14.1. The Morgan fingerprint density at radius 1 is 1.05 bits per heavy atom. The van der Waals surface area contributed by atoms with Crippen LogP contribution in [0.15, 0.2) is 61.1 Å². The zero-order chi connectivity index (χ0) is 27.2. The van der Waals surface area contributed by atoms with Gasteiger partial charge in [-0.15, -0.1) is 0 Å². The number of benzene rings is 2. The number of hydrogen-bond donors (Lipinski definition) is 2. The molecule has 2 N–H and O–H groups in total. The van der Waals surface area contributed by atoms with Crippen LogP contribution in [0, 0.1) is 10.1 Å². The van der Waals surface area contributed by atoms with E-state index < -0.39 is 4.92 Å². The molecule has 1 saturated heterocycles. The number of nitrogens with zero attached hydrogens (tertiary/aromatic N) is 4. The van der Waals surface area contributed by atoms with Gasteiger partial charge in [0, 0.05) is 48.7 Å². The molecule has 2 aliphatic rings. The fourth-order valence-electron chi connectivity index (χ4n) is 5.56. The van der Waals surface area contributed by atoms with Crippen molar-refractivity contribution in [1.29, 1.82) is 0 Å². The van der Waals surface area contributed by atoms with E-state index >= 15 is 0 Å². The lowest BCUT2D eigenvalue weighted by Gasteiger charge is -2.36. The van der Waals surface area contributed by atoms with Gasteiger partial charge in [0.15, 0.2) is 5.11 Å². The molecule has 2 aromatic carbocycles. The number of nitro benzene ring substituents is 1. The molecule has 0 radical (unpaired) electrons. The number of carbonyl (C=O) groups is 1. The molecule has 1 saturated carbocycles. The van der Waals surface area contributed by atoms with Crippen LogP contribution >= 0.6 is 12.2 Å². The first-order chi connectivity index (χ1) is 19.0. The number of non-ortho nitro benzene ring substituents is 1. The number of nitrogens with one attached hydrogen (secondary N) is 2. The highest BCUT2D eigenvalue weighted by molar-refractivity contribution is 7.80. The van der Waals surface area contributed by atoms with Crippen LogP contribution in [0.1, 0.15) is 72.5 Å². The average molecular weight is 547 g/mol. The number of imidazole rings is 1. The molecule has 10 heteroatoms. The second-order valence-electron chi connectivity index (χ2n) is 10.4. The van der Waals surface area contributed by atoms with Gasteiger partial charge < -0.3 is 20.1 Å². The molecule has 0 spiro atoms. The summed E-state index contributed by atoms with van der Waals surface area (Å²) >= 11 is 5.72. The first kappa shape index (κ1) is 26.8. The van der Waals surface area contributed by atoms with Crippen molar-refractivity contribution in [1.82, 2.24) is 20.2 Å². The number of hydrogen-bond acceptors (Lipinski definition) is 5. The zero-order valence-corrected chi connectivity index (χ0v) is 22.7. The van der Waals surface area contributed by atoms with Gasteiger partial charge in [-0.25, -0.2) is 4.98 Å². The Balaban J connectivity index is 1.24. The maximum atomic E-state index is 13.5. The number of nitro groups is 1. The van der Waals surface area contributed by atoms with E-state index in [0.717, 1.165) is 42.4 Å². The van der Waals surface area contributed by atoms with E-state index in [4.69, 9.17) is 12.2 Å². The number of thiocarbonyl (C=S) groups is 1. The minimum absolute atomic E-state index is 0.0485. The highest BCUT2D eigenvalue weighted by Crippen LogP contribution is 2.31. The number of amides is 1. The molecule has 0 bridgehead atoms. The first-order valence-electron chi connectivity index (χ1n) is 13.7. The monoisotopic (exact) mass is 546 g/mol. The summed E-state index contributed by atoms with van der Waals surface area (Å²) in [5.41, 5.74) is 3.14. The molecule has 39 heavy (non-hydrogen) atoms. The van der Waals surface area contributed by atoms with E-state index in [0.29, 0.717) is 24.1 Å². The van der Waals surface area contributed by atoms with Crippen molar-refractivity contribution in [3.8, 4) is 0 Å². The minimum Gasteiger partial charge on any atom is -0.360 e. The van der Waals surface area contributed by atoms with Gasteiger partial charge in [0.2, 0.25) is 0 Å². The van der Waals surface area contributed by atoms with Gasteiger partial charge in [-0.2, -0.15) is 0 Å². The third-order valence-corrected chi connectivity index (χ3v) is 8.22. The lowest BCUT2D eigenvalue weighted by Crippen LogP contribution is -2.47. The van der Waals surface area contributed by atoms with Crippen molar-refractivity contribution in [2.45, 2.75) is 63.5 Å². The smallest absolute Gasteiger partial charge is 0.269 e. The van der Waals surface area contributed by atoms with Crippen LogP contribution in [-0.2, 0) is 6.54 Å². The second-order valence-corrected chi connectivity index (χ2v) is 10.8. The molecule has 1 aromatic heterocycles. The molecule has 1 amide bonds. The number of piperidine rings is 1. The number of carbonyl (C=O) groups excluding carboxylic acids is 1. The SMILES string of the molecule is O=C(c1ccc([N+](=O)[O-])cc1)N(Cc1cnc[nH]1)c1ccc(C2CCN(C(=S)NC3CCCCC3)CC2)cc1.